The number of rotatable bonds is 3. The molecule has 20 heavy (non-hydrogen) atoms. The molecule has 0 atom stereocenters. The maximum absolute atomic E-state index is 12.2. The molecule has 1 aliphatic carbocycles. The molecule has 0 heterocycles. The van der Waals surface area contributed by atoms with Crippen molar-refractivity contribution in [1.82, 2.24) is 10.6 Å². The minimum Gasteiger partial charge on any atom is -0.341 e. The molecule has 3 N–H and O–H groups in total. The standard InChI is InChI=1S/C15H21N3O2/c1-15(2,18-14(20)16-3)13(19)17-12-8-7-10-5-4-6-11(10)9-12/h7-9H,4-6H2,1-3H3,(H,17,19)(H2,16,18,20). The Morgan fingerprint density at radius 1 is 1.15 bits per heavy atom. The number of amides is 3. The maximum Gasteiger partial charge on any atom is 0.315 e. The Morgan fingerprint density at radius 3 is 2.55 bits per heavy atom. The van der Waals surface area contributed by atoms with Crippen LogP contribution in [0.4, 0.5) is 10.5 Å². The lowest BCUT2D eigenvalue weighted by Crippen LogP contribution is -2.54. The lowest BCUT2D eigenvalue weighted by molar-refractivity contribution is -0.120. The van der Waals surface area contributed by atoms with E-state index >= 15 is 0 Å². The summed E-state index contributed by atoms with van der Waals surface area (Å²) in [6.45, 7) is 3.34. The Bertz CT molecular complexity index is 538. The van der Waals surface area contributed by atoms with Crippen LogP contribution in [0.1, 0.15) is 31.4 Å². The number of carbonyl (C=O) groups is 2. The number of urea groups is 1. The molecule has 0 bridgehead atoms. The van der Waals surface area contributed by atoms with Crippen molar-refractivity contribution in [3.05, 3.63) is 29.3 Å². The van der Waals surface area contributed by atoms with Gasteiger partial charge in [0.25, 0.3) is 0 Å². The van der Waals surface area contributed by atoms with Crippen LogP contribution in [0.15, 0.2) is 18.2 Å². The molecule has 0 aromatic heterocycles. The number of hydrogen-bond donors (Lipinski definition) is 3. The maximum atomic E-state index is 12.2. The van der Waals surface area contributed by atoms with Crippen molar-refractivity contribution in [2.24, 2.45) is 0 Å². The van der Waals surface area contributed by atoms with E-state index in [-0.39, 0.29) is 11.9 Å². The second-order valence-corrected chi connectivity index (χ2v) is 5.62. The highest BCUT2D eigenvalue weighted by molar-refractivity contribution is 5.99. The Kier molecular flexibility index (Phi) is 3.97. The summed E-state index contributed by atoms with van der Waals surface area (Å²) in [6, 6.07) is 5.63. The van der Waals surface area contributed by atoms with E-state index in [0.717, 1.165) is 18.5 Å². The van der Waals surface area contributed by atoms with Gasteiger partial charge in [0.1, 0.15) is 5.54 Å². The summed E-state index contributed by atoms with van der Waals surface area (Å²) in [5.41, 5.74) is 2.48. The van der Waals surface area contributed by atoms with Crippen molar-refractivity contribution in [3.8, 4) is 0 Å². The van der Waals surface area contributed by atoms with Gasteiger partial charge in [0.15, 0.2) is 0 Å². The molecule has 0 unspecified atom stereocenters. The van der Waals surface area contributed by atoms with E-state index in [2.05, 4.69) is 22.0 Å². The third-order valence-corrected chi connectivity index (χ3v) is 3.58. The van der Waals surface area contributed by atoms with E-state index < -0.39 is 5.54 Å². The highest BCUT2D eigenvalue weighted by atomic mass is 16.2. The molecular weight excluding hydrogens is 254 g/mol. The van der Waals surface area contributed by atoms with Gasteiger partial charge in [-0.05, 0) is 56.4 Å². The summed E-state index contributed by atoms with van der Waals surface area (Å²) < 4.78 is 0. The van der Waals surface area contributed by atoms with Crippen molar-refractivity contribution < 1.29 is 9.59 Å². The van der Waals surface area contributed by atoms with E-state index in [1.807, 2.05) is 12.1 Å². The minimum atomic E-state index is -0.973. The van der Waals surface area contributed by atoms with E-state index in [9.17, 15) is 9.59 Å². The van der Waals surface area contributed by atoms with Gasteiger partial charge in [-0.2, -0.15) is 0 Å². The first-order valence-electron chi connectivity index (χ1n) is 6.85. The van der Waals surface area contributed by atoms with Crippen LogP contribution in [0.25, 0.3) is 0 Å². The van der Waals surface area contributed by atoms with Crippen LogP contribution in [-0.2, 0) is 17.6 Å². The summed E-state index contributed by atoms with van der Waals surface area (Å²) in [7, 11) is 1.52. The monoisotopic (exact) mass is 275 g/mol. The van der Waals surface area contributed by atoms with Crippen LogP contribution in [0.5, 0.6) is 0 Å². The van der Waals surface area contributed by atoms with Crippen LogP contribution < -0.4 is 16.0 Å². The fourth-order valence-electron chi connectivity index (χ4n) is 2.34. The van der Waals surface area contributed by atoms with Crippen molar-refractivity contribution in [3.63, 3.8) is 0 Å². The number of benzene rings is 1. The first-order chi connectivity index (χ1) is 9.42. The number of nitrogens with one attached hydrogen (secondary N) is 3. The summed E-state index contributed by atoms with van der Waals surface area (Å²) in [5, 5.41) is 7.92. The topological polar surface area (TPSA) is 70.2 Å². The number of carbonyl (C=O) groups excluding carboxylic acids is 2. The summed E-state index contributed by atoms with van der Waals surface area (Å²) in [5.74, 6) is -0.237. The second-order valence-electron chi connectivity index (χ2n) is 5.62. The van der Waals surface area contributed by atoms with Crippen LogP contribution in [0.2, 0.25) is 0 Å². The van der Waals surface area contributed by atoms with Gasteiger partial charge in [-0.15, -0.1) is 0 Å². The normalized spacial score (nSPS) is 13.6. The molecular formula is C15H21N3O2. The van der Waals surface area contributed by atoms with Gasteiger partial charge in [-0.3, -0.25) is 4.79 Å². The van der Waals surface area contributed by atoms with Gasteiger partial charge < -0.3 is 16.0 Å². The predicted molar refractivity (Wildman–Crippen MR) is 78.8 cm³/mol. The number of anilines is 1. The first kappa shape index (κ1) is 14.4. The van der Waals surface area contributed by atoms with Crippen molar-refractivity contribution in [2.45, 2.75) is 38.6 Å². The Morgan fingerprint density at radius 2 is 1.85 bits per heavy atom. The van der Waals surface area contributed by atoms with Crippen molar-refractivity contribution in [1.29, 1.82) is 0 Å². The number of aryl methyl sites for hydroxylation is 2. The molecule has 0 aliphatic heterocycles. The van der Waals surface area contributed by atoms with Gasteiger partial charge >= 0.3 is 6.03 Å². The van der Waals surface area contributed by atoms with Crippen LogP contribution in [0.3, 0.4) is 0 Å². The Labute approximate surface area is 119 Å². The molecule has 0 saturated heterocycles. The zero-order valence-electron chi connectivity index (χ0n) is 12.2. The average molecular weight is 275 g/mol. The Hall–Kier alpha value is -2.04. The Balaban J connectivity index is 2.05. The third-order valence-electron chi connectivity index (χ3n) is 3.58. The molecule has 108 valence electrons. The van der Waals surface area contributed by atoms with Gasteiger partial charge in [0.2, 0.25) is 5.91 Å². The molecule has 3 amide bonds. The molecule has 2 rings (SSSR count). The highest BCUT2D eigenvalue weighted by Gasteiger charge is 2.29. The minimum absolute atomic E-state index is 0.237. The molecule has 5 heteroatoms. The van der Waals surface area contributed by atoms with Gasteiger partial charge in [0.05, 0.1) is 0 Å². The zero-order valence-corrected chi connectivity index (χ0v) is 12.2. The summed E-state index contributed by atoms with van der Waals surface area (Å²) in [6.07, 6.45) is 3.36. The zero-order chi connectivity index (χ0) is 14.8. The van der Waals surface area contributed by atoms with E-state index in [0.29, 0.717) is 0 Å². The van der Waals surface area contributed by atoms with E-state index in [4.69, 9.17) is 0 Å². The lowest BCUT2D eigenvalue weighted by atomic mass is 10.0. The molecule has 0 saturated carbocycles. The van der Waals surface area contributed by atoms with E-state index in [1.54, 1.807) is 13.8 Å². The fourth-order valence-corrected chi connectivity index (χ4v) is 2.34. The summed E-state index contributed by atoms with van der Waals surface area (Å²) in [4.78, 5) is 23.6. The van der Waals surface area contributed by atoms with Gasteiger partial charge in [-0.25, -0.2) is 4.79 Å². The third kappa shape index (κ3) is 3.10. The van der Waals surface area contributed by atoms with Crippen LogP contribution in [-0.4, -0.2) is 24.5 Å². The van der Waals surface area contributed by atoms with Crippen molar-refractivity contribution in [2.75, 3.05) is 12.4 Å². The first-order valence-corrected chi connectivity index (χ1v) is 6.85. The van der Waals surface area contributed by atoms with Gasteiger partial charge in [-0.1, -0.05) is 6.07 Å². The number of fused-ring (bicyclic) bond motifs is 1. The quantitative estimate of drug-likeness (QED) is 0.787. The summed E-state index contributed by atoms with van der Waals surface area (Å²) >= 11 is 0. The highest BCUT2D eigenvalue weighted by Crippen LogP contribution is 2.25. The van der Waals surface area contributed by atoms with Crippen molar-refractivity contribution >= 4 is 17.6 Å². The molecule has 1 aromatic carbocycles. The molecule has 1 aliphatic rings. The van der Waals surface area contributed by atoms with Gasteiger partial charge in [0, 0.05) is 12.7 Å². The molecule has 5 nitrogen and oxygen atoms in total. The van der Waals surface area contributed by atoms with E-state index in [1.165, 1.54) is 24.6 Å². The fraction of sp³-hybridized carbons (Fsp3) is 0.467. The SMILES string of the molecule is CNC(=O)NC(C)(C)C(=O)Nc1ccc2c(c1)CCC2. The molecule has 0 spiro atoms. The number of hydrogen-bond acceptors (Lipinski definition) is 2. The average Bonchev–Trinajstić information content (AvgIpc) is 2.85. The molecule has 0 fully saturated rings. The van der Waals surface area contributed by atoms with Crippen LogP contribution in [0, 0.1) is 0 Å². The van der Waals surface area contributed by atoms with Crippen LogP contribution >= 0.6 is 0 Å². The molecule has 1 aromatic rings. The largest absolute Gasteiger partial charge is 0.341 e. The smallest absolute Gasteiger partial charge is 0.315 e. The molecule has 0 radical (unpaired) electrons. The predicted octanol–water partition coefficient (Wildman–Crippen LogP) is 1.82. The lowest BCUT2D eigenvalue weighted by Gasteiger charge is -2.25. The second kappa shape index (κ2) is 5.53.